The molecule has 0 bridgehead atoms. The van der Waals surface area contributed by atoms with E-state index >= 15 is 0 Å². The maximum Gasteiger partial charge on any atom is 0.317 e. The monoisotopic (exact) mass is 354 g/mol. The number of hydrogen-bond donors (Lipinski definition) is 2. The van der Waals surface area contributed by atoms with Gasteiger partial charge in [-0.3, -0.25) is 4.79 Å². The third-order valence-electron chi connectivity index (χ3n) is 3.86. The van der Waals surface area contributed by atoms with Crippen molar-refractivity contribution in [1.82, 2.24) is 10.2 Å². The minimum absolute atomic E-state index is 0.185. The van der Waals surface area contributed by atoms with Gasteiger partial charge in [0.1, 0.15) is 0 Å². The van der Waals surface area contributed by atoms with Crippen LogP contribution in [0.5, 0.6) is 0 Å². The molecule has 6 heteroatoms. The van der Waals surface area contributed by atoms with Crippen molar-refractivity contribution in [3.8, 4) is 0 Å². The summed E-state index contributed by atoms with van der Waals surface area (Å²) in [6, 6.07) is 7.76. The highest BCUT2D eigenvalue weighted by Gasteiger charge is 2.42. The van der Waals surface area contributed by atoms with Gasteiger partial charge in [-0.25, -0.2) is 4.79 Å². The Morgan fingerprint density at radius 1 is 1.48 bits per heavy atom. The molecule has 0 saturated carbocycles. The minimum Gasteiger partial charge on any atom is -0.481 e. The molecule has 114 valence electrons. The predicted molar refractivity (Wildman–Crippen MR) is 83.2 cm³/mol. The lowest BCUT2D eigenvalue weighted by molar-refractivity contribution is -0.146. The van der Waals surface area contributed by atoms with Gasteiger partial charge in [-0.1, -0.05) is 28.1 Å². The molecule has 0 aliphatic carbocycles. The normalized spacial score (nSPS) is 21.3. The maximum absolute atomic E-state index is 12.0. The van der Waals surface area contributed by atoms with E-state index in [2.05, 4.69) is 21.2 Å². The highest BCUT2D eigenvalue weighted by atomic mass is 79.9. The number of carbonyl (C=O) groups is 2. The fourth-order valence-corrected chi connectivity index (χ4v) is 2.87. The predicted octanol–water partition coefficient (Wildman–Crippen LogP) is 2.50. The zero-order chi connectivity index (χ0) is 15.5. The Morgan fingerprint density at radius 2 is 2.24 bits per heavy atom. The Morgan fingerprint density at radius 3 is 2.86 bits per heavy atom. The average Bonchev–Trinajstić information content (AvgIpc) is 2.83. The Balaban J connectivity index is 1.79. The van der Waals surface area contributed by atoms with Crippen LogP contribution in [-0.4, -0.2) is 41.6 Å². The molecule has 5 nitrogen and oxygen atoms in total. The summed E-state index contributed by atoms with van der Waals surface area (Å²) in [6.45, 7) is 2.98. The van der Waals surface area contributed by atoms with Gasteiger partial charge in [-0.05, 0) is 37.5 Å². The number of halogens is 1. The summed E-state index contributed by atoms with van der Waals surface area (Å²) in [5.41, 5.74) is 0.322. The molecule has 2 amide bonds. The van der Waals surface area contributed by atoms with Gasteiger partial charge in [0.2, 0.25) is 0 Å². The van der Waals surface area contributed by atoms with Gasteiger partial charge in [0.05, 0.1) is 5.41 Å². The molecule has 1 aromatic rings. The second kappa shape index (κ2) is 6.47. The van der Waals surface area contributed by atoms with Crippen LogP contribution in [0.15, 0.2) is 28.7 Å². The van der Waals surface area contributed by atoms with Crippen LogP contribution in [0.25, 0.3) is 0 Å². The minimum atomic E-state index is -0.841. The first-order valence-corrected chi connectivity index (χ1v) is 7.71. The standard InChI is InChI=1S/C15H19BrN2O3/c1-15(13(19)20)6-8-18(10-15)14(21)17-7-5-11-3-2-4-12(16)9-11/h2-4,9H,5-8,10H2,1H3,(H,17,21)(H,19,20). The molecule has 1 aliphatic rings. The van der Waals surface area contributed by atoms with Gasteiger partial charge in [0.15, 0.2) is 0 Å². The highest BCUT2D eigenvalue weighted by molar-refractivity contribution is 9.10. The van der Waals surface area contributed by atoms with Gasteiger partial charge in [0.25, 0.3) is 0 Å². The molecule has 0 spiro atoms. The fraction of sp³-hybridized carbons (Fsp3) is 0.467. The number of rotatable bonds is 4. The van der Waals surface area contributed by atoms with Gasteiger partial charge in [0, 0.05) is 24.1 Å². The molecule has 2 N–H and O–H groups in total. The van der Waals surface area contributed by atoms with Crippen molar-refractivity contribution in [3.63, 3.8) is 0 Å². The number of likely N-dealkylation sites (tertiary alicyclic amines) is 1. The largest absolute Gasteiger partial charge is 0.481 e. The molecule has 1 saturated heterocycles. The number of carboxylic acids is 1. The van der Waals surface area contributed by atoms with Gasteiger partial charge >= 0.3 is 12.0 Å². The van der Waals surface area contributed by atoms with Crippen LogP contribution < -0.4 is 5.32 Å². The summed E-state index contributed by atoms with van der Waals surface area (Å²) in [5.74, 6) is -0.841. The molecule has 2 rings (SSSR count). The Bertz CT molecular complexity index is 549. The molecule has 1 aromatic carbocycles. The zero-order valence-corrected chi connectivity index (χ0v) is 13.5. The smallest absolute Gasteiger partial charge is 0.317 e. The molecule has 1 atom stereocenters. The van der Waals surface area contributed by atoms with Crippen LogP contribution in [0, 0.1) is 5.41 Å². The van der Waals surface area contributed by atoms with Crippen molar-refractivity contribution >= 4 is 27.9 Å². The number of benzene rings is 1. The summed E-state index contributed by atoms with van der Waals surface area (Å²) < 4.78 is 1.02. The lowest BCUT2D eigenvalue weighted by Crippen LogP contribution is -2.41. The molecular weight excluding hydrogens is 336 g/mol. The maximum atomic E-state index is 12.0. The van der Waals surface area contributed by atoms with Crippen molar-refractivity contribution < 1.29 is 14.7 Å². The SMILES string of the molecule is CC1(C(=O)O)CCN(C(=O)NCCc2cccc(Br)c2)C1. The van der Waals surface area contributed by atoms with Crippen LogP contribution in [0.4, 0.5) is 4.79 Å². The van der Waals surface area contributed by atoms with Crippen molar-refractivity contribution in [2.45, 2.75) is 19.8 Å². The van der Waals surface area contributed by atoms with Crippen LogP contribution in [0.1, 0.15) is 18.9 Å². The van der Waals surface area contributed by atoms with E-state index in [9.17, 15) is 9.59 Å². The van der Waals surface area contributed by atoms with Crippen molar-refractivity contribution in [2.75, 3.05) is 19.6 Å². The van der Waals surface area contributed by atoms with E-state index in [-0.39, 0.29) is 12.6 Å². The average molecular weight is 355 g/mol. The van der Waals surface area contributed by atoms with Crippen LogP contribution in [-0.2, 0) is 11.2 Å². The van der Waals surface area contributed by atoms with E-state index in [0.29, 0.717) is 19.5 Å². The van der Waals surface area contributed by atoms with E-state index < -0.39 is 11.4 Å². The molecule has 21 heavy (non-hydrogen) atoms. The Hall–Kier alpha value is -1.56. The third-order valence-corrected chi connectivity index (χ3v) is 4.35. The molecule has 0 radical (unpaired) electrons. The van der Waals surface area contributed by atoms with Gasteiger partial charge in [-0.15, -0.1) is 0 Å². The zero-order valence-electron chi connectivity index (χ0n) is 11.9. The lowest BCUT2D eigenvalue weighted by atomic mass is 9.90. The van der Waals surface area contributed by atoms with Crippen LogP contribution >= 0.6 is 15.9 Å². The van der Waals surface area contributed by atoms with Gasteiger partial charge in [-0.2, -0.15) is 0 Å². The van der Waals surface area contributed by atoms with Crippen LogP contribution in [0.3, 0.4) is 0 Å². The van der Waals surface area contributed by atoms with Crippen LogP contribution in [0.2, 0.25) is 0 Å². The quantitative estimate of drug-likeness (QED) is 0.872. The molecular formula is C15H19BrN2O3. The number of nitrogens with one attached hydrogen (secondary N) is 1. The van der Waals surface area contributed by atoms with Crippen molar-refractivity contribution in [1.29, 1.82) is 0 Å². The highest BCUT2D eigenvalue weighted by Crippen LogP contribution is 2.29. The first kappa shape index (κ1) is 15.8. The summed E-state index contributed by atoms with van der Waals surface area (Å²) >= 11 is 3.41. The van der Waals surface area contributed by atoms with E-state index in [1.807, 2.05) is 24.3 Å². The first-order chi connectivity index (χ1) is 9.90. The number of carbonyl (C=O) groups excluding carboxylic acids is 1. The van der Waals surface area contributed by atoms with Crippen molar-refractivity contribution in [2.24, 2.45) is 5.41 Å². The summed E-state index contributed by atoms with van der Waals surface area (Å²) in [6.07, 6.45) is 1.25. The summed E-state index contributed by atoms with van der Waals surface area (Å²) in [5, 5.41) is 12.0. The summed E-state index contributed by atoms with van der Waals surface area (Å²) in [4.78, 5) is 24.8. The van der Waals surface area contributed by atoms with E-state index in [0.717, 1.165) is 16.5 Å². The third kappa shape index (κ3) is 3.97. The second-order valence-electron chi connectivity index (χ2n) is 5.65. The second-order valence-corrected chi connectivity index (χ2v) is 6.56. The molecule has 1 unspecified atom stereocenters. The van der Waals surface area contributed by atoms with E-state index in [1.54, 1.807) is 11.8 Å². The fourth-order valence-electron chi connectivity index (χ4n) is 2.43. The molecule has 1 aliphatic heterocycles. The number of amides is 2. The topological polar surface area (TPSA) is 69.6 Å². The molecule has 1 heterocycles. The number of carboxylic acid groups (broad SMARTS) is 1. The Kier molecular flexibility index (Phi) is 4.88. The van der Waals surface area contributed by atoms with Crippen molar-refractivity contribution in [3.05, 3.63) is 34.3 Å². The number of aliphatic carboxylic acids is 1. The van der Waals surface area contributed by atoms with E-state index in [4.69, 9.17) is 5.11 Å². The van der Waals surface area contributed by atoms with E-state index in [1.165, 1.54) is 0 Å². The number of hydrogen-bond acceptors (Lipinski definition) is 2. The lowest BCUT2D eigenvalue weighted by Gasteiger charge is -2.20. The first-order valence-electron chi connectivity index (χ1n) is 6.91. The number of nitrogens with zero attached hydrogens (tertiary/aromatic N) is 1. The number of urea groups is 1. The van der Waals surface area contributed by atoms with Gasteiger partial charge < -0.3 is 15.3 Å². The Labute approximate surface area is 132 Å². The summed E-state index contributed by atoms with van der Waals surface area (Å²) in [7, 11) is 0. The molecule has 0 aromatic heterocycles. The molecule has 1 fully saturated rings.